The molecule has 2 aromatic rings. The first-order valence-electron chi connectivity index (χ1n) is 9.08. The van der Waals surface area contributed by atoms with Crippen molar-refractivity contribution in [2.45, 2.75) is 25.2 Å². The van der Waals surface area contributed by atoms with Gasteiger partial charge in [-0.05, 0) is 41.5 Å². The molecule has 0 radical (unpaired) electrons. The Morgan fingerprint density at radius 2 is 1.84 bits per heavy atom. The van der Waals surface area contributed by atoms with Crippen LogP contribution in [0.3, 0.4) is 0 Å². The fourth-order valence-corrected chi connectivity index (χ4v) is 4.13. The van der Waals surface area contributed by atoms with Crippen LogP contribution in [0.25, 0.3) is 0 Å². The van der Waals surface area contributed by atoms with Crippen LogP contribution in [0.4, 0.5) is 14.5 Å². The Labute approximate surface area is 147 Å². The molecule has 0 aromatic heterocycles. The van der Waals surface area contributed by atoms with Gasteiger partial charge in [0.2, 0.25) is 0 Å². The predicted molar refractivity (Wildman–Crippen MR) is 97.4 cm³/mol. The number of nitrogens with zero attached hydrogens (tertiary/aromatic N) is 1. The number of halogens is 2. The van der Waals surface area contributed by atoms with Gasteiger partial charge in [-0.2, -0.15) is 0 Å². The highest BCUT2D eigenvalue weighted by Crippen LogP contribution is 2.31. The Balaban J connectivity index is 1.28. The molecule has 1 N–H and O–H groups in total. The van der Waals surface area contributed by atoms with Crippen molar-refractivity contribution in [3.05, 3.63) is 65.2 Å². The number of benzene rings is 2. The van der Waals surface area contributed by atoms with Crippen LogP contribution in [0.5, 0.6) is 0 Å². The second-order valence-corrected chi connectivity index (χ2v) is 7.40. The number of likely N-dealkylation sites (tertiary alicyclic amines) is 1. The zero-order valence-electron chi connectivity index (χ0n) is 14.3. The largest absolute Gasteiger partial charge is 0.384 e. The van der Waals surface area contributed by atoms with Crippen molar-refractivity contribution in [1.82, 2.24) is 4.90 Å². The van der Waals surface area contributed by atoms with Gasteiger partial charge in [-0.25, -0.2) is 8.78 Å². The lowest BCUT2D eigenvalue weighted by atomic mass is 9.89. The first-order chi connectivity index (χ1) is 12.1. The van der Waals surface area contributed by atoms with Gasteiger partial charge in [0.1, 0.15) is 0 Å². The van der Waals surface area contributed by atoms with Gasteiger partial charge in [-0.15, -0.1) is 0 Å². The maximum atomic E-state index is 14.3. The Morgan fingerprint density at radius 1 is 1.04 bits per heavy atom. The molecule has 4 heteroatoms. The van der Waals surface area contributed by atoms with E-state index in [1.807, 2.05) is 23.1 Å². The van der Waals surface area contributed by atoms with E-state index < -0.39 is 5.92 Å². The number of hydrogen-bond donors (Lipinski definition) is 1. The Morgan fingerprint density at radius 3 is 2.64 bits per heavy atom. The lowest BCUT2D eigenvalue weighted by Crippen LogP contribution is -2.52. The molecule has 2 aliphatic heterocycles. The fourth-order valence-electron chi connectivity index (χ4n) is 4.13. The van der Waals surface area contributed by atoms with E-state index in [-0.39, 0.29) is 13.0 Å². The second-order valence-electron chi connectivity index (χ2n) is 7.40. The molecule has 0 aliphatic carbocycles. The van der Waals surface area contributed by atoms with Gasteiger partial charge in [0.05, 0.1) is 6.54 Å². The van der Waals surface area contributed by atoms with E-state index in [9.17, 15) is 8.78 Å². The summed E-state index contributed by atoms with van der Waals surface area (Å²) in [7, 11) is 0. The van der Waals surface area contributed by atoms with E-state index in [1.54, 1.807) is 12.1 Å². The van der Waals surface area contributed by atoms with Crippen molar-refractivity contribution >= 4 is 5.69 Å². The quantitative estimate of drug-likeness (QED) is 0.853. The zero-order valence-corrected chi connectivity index (χ0v) is 14.3. The molecule has 2 heterocycles. The van der Waals surface area contributed by atoms with Gasteiger partial charge in [0, 0.05) is 31.7 Å². The molecule has 25 heavy (non-hydrogen) atoms. The highest BCUT2D eigenvalue weighted by atomic mass is 19.3. The molecule has 2 aliphatic rings. The van der Waals surface area contributed by atoms with Crippen molar-refractivity contribution < 1.29 is 8.78 Å². The van der Waals surface area contributed by atoms with Crippen LogP contribution in [0.2, 0.25) is 0 Å². The highest BCUT2D eigenvalue weighted by Gasteiger charge is 2.37. The van der Waals surface area contributed by atoms with Crippen LogP contribution in [0.15, 0.2) is 48.5 Å². The summed E-state index contributed by atoms with van der Waals surface area (Å²) in [5.41, 5.74) is 4.78. The predicted octanol–water partition coefficient (Wildman–Crippen LogP) is 4.01. The lowest BCUT2D eigenvalue weighted by Gasteiger charge is -2.41. The number of fused-ring (bicyclic) bond motifs is 1. The van der Waals surface area contributed by atoms with Crippen molar-refractivity contribution in [1.29, 1.82) is 0 Å². The Bertz CT molecular complexity index is 724. The van der Waals surface area contributed by atoms with Gasteiger partial charge in [-0.3, -0.25) is 4.90 Å². The molecule has 1 saturated heterocycles. The minimum Gasteiger partial charge on any atom is -0.384 e. The number of nitrogens with one attached hydrogen (secondary N) is 1. The summed E-state index contributed by atoms with van der Waals surface area (Å²) >= 11 is 0. The van der Waals surface area contributed by atoms with Gasteiger partial charge in [-0.1, -0.05) is 42.5 Å². The summed E-state index contributed by atoms with van der Waals surface area (Å²) in [6.07, 6.45) is 1.91. The van der Waals surface area contributed by atoms with Crippen molar-refractivity contribution in [2.24, 2.45) is 5.92 Å². The van der Waals surface area contributed by atoms with Crippen molar-refractivity contribution in [3.8, 4) is 0 Å². The summed E-state index contributed by atoms with van der Waals surface area (Å²) in [5, 5.41) is 3.40. The summed E-state index contributed by atoms with van der Waals surface area (Å²) in [5.74, 6) is -2.16. The zero-order chi connectivity index (χ0) is 17.3. The SMILES string of the molecule is FC(F)(Cc1ccccc1)CN1CC(Cc2cccc3c2CCN3)C1. The smallest absolute Gasteiger partial charge is 0.264 e. The molecule has 0 spiro atoms. The molecule has 4 rings (SSSR count). The number of rotatable bonds is 6. The third-order valence-corrected chi connectivity index (χ3v) is 5.27. The highest BCUT2D eigenvalue weighted by molar-refractivity contribution is 5.58. The monoisotopic (exact) mass is 342 g/mol. The van der Waals surface area contributed by atoms with Crippen LogP contribution in [0, 0.1) is 5.92 Å². The molecular formula is C21H24F2N2. The van der Waals surface area contributed by atoms with Crippen LogP contribution < -0.4 is 5.32 Å². The van der Waals surface area contributed by atoms with Crippen LogP contribution in [0.1, 0.15) is 16.7 Å². The summed E-state index contributed by atoms with van der Waals surface area (Å²) in [4.78, 5) is 1.90. The Hall–Kier alpha value is -1.94. The normalized spacial score (nSPS) is 17.8. The Kier molecular flexibility index (Phi) is 4.46. The maximum absolute atomic E-state index is 14.3. The third kappa shape index (κ3) is 3.84. The molecule has 0 amide bonds. The van der Waals surface area contributed by atoms with Gasteiger partial charge >= 0.3 is 0 Å². The van der Waals surface area contributed by atoms with E-state index in [0.717, 1.165) is 32.5 Å². The molecule has 132 valence electrons. The first-order valence-corrected chi connectivity index (χ1v) is 9.08. The molecule has 0 atom stereocenters. The van der Waals surface area contributed by atoms with E-state index >= 15 is 0 Å². The van der Waals surface area contributed by atoms with Crippen molar-refractivity contribution in [2.75, 3.05) is 31.5 Å². The molecule has 2 nitrogen and oxygen atoms in total. The average molecular weight is 342 g/mol. The van der Waals surface area contributed by atoms with Crippen LogP contribution in [-0.4, -0.2) is 37.0 Å². The minimum atomic E-state index is -2.66. The van der Waals surface area contributed by atoms with Gasteiger partial charge in [0.15, 0.2) is 0 Å². The minimum absolute atomic E-state index is 0.132. The van der Waals surface area contributed by atoms with Crippen LogP contribution >= 0.6 is 0 Å². The standard InChI is InChI=1S/C21H24F2N2/c22-21(23,12-16-5-2-1-3-6-16)15-25-13-17(14-25)11-18-7-4-8-20-19(18)9-10-24-20/h1-8,17,24H,9-15H2. The summed E-state index contributed by atoms with van der Waals surface area (Å²) < 4.78 is 28.5. The number of hydrogen-bond acceptors (Lipinski definition) is 2. The van der Waals surface area contributed by atoms with Gasteiger partial charge in [0.25, 0.3) is 5.92 Å². The third-order valence-electron chi connectivity index (χ3n) is 5.27. The van der Waals surface area contributed by atoms with E-state index in [2.05, 4.69) is 23.5 Å². The fraction of sp³-hybridized carbons (Fsp3) is 0.429. The average Bonchev–Trinajstić information content (AvgIpc) is 3.02. The summed E-state index contributed by atoms with van der Waals surface area (Å²) in [6.45, 7) is 2.44. The summed E-state index contributed by atoms with van der Waals surface area (Å²) in [6, 6.07) is 15.5. The lowest BCUT2D eigenvalue weighted by molar-refractivity contribution is -0.0593. The van der Waals surface area contributed by atoms with E-state index in [0.29, 0.717) is 11.5 Å². The topological polar surface area (TPSA) is 15.3 Å². The van der Waals surface area contributed by atoms with Crippen molar-refractivity contribution in [3.63, 3.8) is 0 Å². The number of anilines is 1. The second kappa shape index (κ2) is 6.75. The van der Waals surface area contributed by atoms with E-state index in [1.165, 1.54) is 16.8 Å². The molecule has 0 unspecified atom stereocenters. The maximum Gasteiger partial charge on any atom is 0.264 e. The molecule has 2 aromatic carbocycles. The first kappa shape index (κ1) is 16.5. The molecule has 0 saturated carbocycles. The molecular weight excluding hydrogens is 318 g/mol. The van der Waals surface area contributed by atoms with E-state index in [4.69, 9.17) is 0 Å². The molecule has 0 bridgehead atoms. The van der Waals surface area contributed by atoms with Gasteiger partial charge < -0.3 is 5.32 Å². The number of alkyl halides is 2. The molecule has 1 fully saturated rings. The van der Waals surface area contributed by atoms with Crippen LogP contribution in [-0.2, 0) is 19.3 Å².